The number of rotatable bonds is 5. The summed E-state index contributed by atoms with van der Waals surface area (Å²) in [6, 6.07) is -0.379. The fraction of sp³-hybridized carbons (Fsp3) is 0.857. The second-order valence-electron chi connectivity index (χ2n) is 5.98. The molecule has 3 atom stereocenters. The fourth-order valence-electron chi connectivity index (χ4n) is 2.80. The van der Waals surface area contributed by atoms with Gasteiger partial charge >= 0.3 is 12.0 Å². The highest BCUT2D eigenvalue weighted by Crippen LogP contribution is 2.24. The number of urea groups is 1. The number of carbonyl (C=O) groups excluding carboxylic acids is 1. The molecule has 0 bridgehead atoms. The van der Waals surface area contributed by atoms with Gasteiger partial charge in [0.2, 0.25) is 0 Å². The summed E-state index contributed by atoms with van der Waals surface area (Å²) < 4.78 is 0. The maximum atomic E-state index is 11.9. The van der Waals surface area contributed by atoms with Crippen molar-refractivity contribution in [2.24, 2.45) is 11.8 Å². The molecule has 0 radical (unpaired) electrons. The van der Waals surface area contributed by atoms with Crippen LogP contribution in [0.15, 0.2) is 0 Å². The van der Waals surface area contributed by atoms with E-state index in [4.69, 9.17) is 5.11 Å². The van der Waals surface area contributed by atoms with Crippen molar-refractivity contribution in [1.82, 2.24) is 10.6 Å². The van der Waals surface area contributed by atoms with E-state index in [9.17, 15) is 9.59 Å². The number of carbonyl (C=O) groups is 2. The Morgan fingerprint density at radius 3 is 2.42 bits per heavy atom. The highest BCUT2D eigenvalue weighted by molar-refractivity contribution is 5.77. The lowest BCUT2D eigenvalue weighted by molar-refractivity contribution is -0.143. The van der Waals surface area contributed by atoms with Gasteiger partial charge in [0, 0.05) is 12.1 Å². The normalized spacial score (nSPS) is 24.8. The molecule has 1 aliphatic rings. The van der Waals surface area contributed by atoms with Crippen molar-refractivity contribution in [1.29, 1.82) is 0 Å². The average molecular weight is 270 g/mol. The predicted octanol–water partition coefficient (Wildman–Crippen LogP) is 2.36. The van der Waals surface area contributed by atoms with Crippen LogP contribution in [0, 0.1) is 11.8 Å². The van der Waals surface area contributed by atoms with Gasteiger partial charge in [0.25, 0.3) is 0 Å². The van der Waals surface area contributed by atoms with Crippen LogP contribution in [-0.4, -0.2) is 29.2 Å². The van der Waals surface area contributed by atoms with E-state index < -0.39 is 11.9 Å². The molecule has 1 rings (SSSR count). The quantitative estimate of drug-likeness (QED) is 0.717. The predicted molar refractivity (Wildman–Crippen MR) is 74.0 cm³/mol. The second kappa shape index (κ2) is 7.36. The summed E-state index contributed by atoms with van der Waals surface area (Å²) in [6.07, 6.45) is 4.24. The third-order valence-corrected chi connectivity index (χ3v) is 3.60. The first-order valence-electron chi connectivity index (χ1n) is 7.20. The van der Waals surface area contributed by atoms with Gasteiger partial charge in [0.15, 0.2) is 0 Å². The molecule has 0 saturated heterocycles. The van der Waals surface area contributed by atoms with Gasteiger partial charge in [-0.3, -0.25) is 4.79 Å². The number of hydrogen-bond donors (Lipinski definition) is 3. The van der Waals surface area contributed by atoms with Gasteiger partial charge in [-0.1, -0.05) is 26.7 Å². The smallest absolute Gasteiger partial charge is 0.315 e. The van der Waals surface area contributed by atoms with Crippen molar-refractivity contribution in [3.63, 3.8) is 0 Å². The third kappa shape index (κ3) is 5.49. The molecule has 0 aromatic carbocycles. The summed E-state index contributed by atoms with van der Waals surface area (Å²) >= 11 is 0. The minimum atomic E-state index is -0.805. The van der Waals surface area contributed by atoms with Crippen LogP contribution in [-0.2, 0) is 4.79 Å². The van der Waals surface area contributed by atoms with Crippen molar-refractivity contribution in [2.45, 2.75) is 65.0 Å². The second-order valence-corrected chi connectivity index (χ2v) is 5.98. The summed E-state index contributed by atoms with van der Waals surface area (Å²) in [5.74, 6) is -0.725. The molecule has 3 N–H and O–H groups in total. The number of carboxylic acid groups (broad SMARTS) is 1. The Hall–Kier alpha value is -1.26. The molecular weight excluding hydrogens is 244 g/mol. The van der Waals surface area contributed by atoms with Crippen LogP contribution in [0.3, 0.4) is 0 Å². The maximum Gasteiger partial charge on any atom is 0.315 e. The Labute approximate surface area is 115 Å². The molecule has 3 unspecified atom stereocenters. The minimum Gasteiger partial charge on any atom is -0.481 e. The molecule has 1 fully saturated rings. The summed E-state index contributed by atoms with van der Waals surface area (Å²) in [4.78, 5) is 23.0. The van der Waals surface area contributed by atoms with Crippen molar-refractivity contribution in [3.8, 4) is 0 Å². The Kier molecular flexibility index (Phi) is 6.12. The molecule has 5 nitrogen and oxygen atoms in total. The SMILES string of the molecule is CC(C)CC(C)NC(=O)NC1CCCCC1C(=O)O. The van der Waals surface area contributed by atoms with Gasteiger partial charge in [-0.2, -0.15) is 0 Å². The molecule has 5 heteroatoms. The monoisotopic (exact) mass is 270 g/mol. The van der Waals surface area contributed by atoms with E-state index in [-0.39, 0.29) is 18.1 Å². The van der Waals surface area contributed by atoms with Gasteiger partial charge in [-0.25, -0.2) is 4.79 Å². The van der Waals surface area contributed by atoms with Crippen LogP contribution in [0.25, 0.3) is 0 Å². The zero-order valence-electron chi connectivity index (χ0n) is 12.1. The first-order valence-corrected chi connectivity index (χ1v) is 7.20. The van der Waals surface area contributed by atoms with Gasteiger partial charge in [0.1, 0.15) is 0 Å². The lowest BCUT2D eigenvalue weighted by Crippen LogP contribution is -2.50. The van der Waals surface area contributed by atoms with Gasteiger partial charge in [-0.15, -0.1) is 0 Å². The minimum absolute atomic E-state index is 0.104. The van der Waals surface area contributed by atoms with Crippen LogP contribution in [0.4, 0.5) is 4.79 Å². The van der Waals surface area contributed by atoms with Crippen molar-refractivity contribution >= 4 is 12.0 Å². The molecule has 0 spiro atoms. The summed E-state index contributed by atoms with van der Waals surface area (Å²) in [5.41, 5.74) is 0. The molecule has 0 heterocycles. The van der Waals surface area contributed by atoms with Crippen molar-refractivity contribution in [3.05, 3.63) is 0 Å². The van der Waals surface area contributed by atoms with Crippen molar-refractivity contribution in [2.75, 3.05) is 0 Å². The van der Waals surface area contributed by atoms with Crippen LogP contribution >= 0.6 is 0 Å². The number of nitrogens with one attached hydrogen (secondary N) is 2. The molecule has 0 aromatic heterocycles. The molecule has 110 valence electrons. The van der Waals surface area contributed by atoms with Crippen LogP contribution in [0.5, 0.6) is 0 Å². The Morgan fingerprint density at radius 1 is 1.21 bits per heavy atom. The van der Waals surface area contributed by atoms with Gasteiger partial charge < -0.3 is 15.7 Å². The van der Waals surface area contributed by atoms with E-state index in [2.05, 4.69) is 24.5 Å². The zero-order chi connectivity index (χ0) is 14.4. The Morgan fingerprint density at radius 2 is 1.84 bits per heavy atom. The first kappa shape index (κ1) is 15.8. The lowest BCUT2D eigenvalue weighted by atomic mass is 9.84. The first-order chi connectivity index (χ1) is 8.90. The number of aliphatic carboxylic acids is 1. The number of carboxylic acids is 1. The van der Waals surface area contributed by atoms with Gasteiger partial charge in [0.05, 0.1) is 5.92 Å². The standard InChI is InChI=1S/C14H26N2O3/c1-9(2)8-10(3)15-14(19)16-12-7-5-4-6-11(12)13(17)18/h9-12H,4-8H2,1-3H3,(H,17,18)(H2,15,16,19). The van der Waals surface area contributed by atoms with E-state index in [1.54, 1.807) is 0 Å². The van der Waals surface area contributed by atoms with E-state index >= 15 is 0 Å². The summed E-state index contributed by atoms with van der Waals surface area (Å²) in [6.45, 7) is 6.19. The molecule has 0 aliphatic heterocycles. The van der Waals surface area contributed by atoms with Crippen LogP contribution < -0.4 is 10.6 Å². The average Bonchev–Trinajstić information content (AvgIpc) is 2.27. The van der Waals surface area contributed by atoms with E-state index in [0.29, 0.717) is 12.3 Å². The molecular formula is C14H26N2O3. The van der Waals surface area contributed by atoms with Gasteiger partial charge in [-0.05, 0) is 32.1 Å². The topological polar surface area (TPSA) is 78.4 Å². The number of amides is 2. The fourth-order valence-corrected chi connectivity index (χ4v) is 2.80. The van der Waals surface area contributed by atoms with Crippen LogP contribution in [0.2, 0.25) is 0 Å². The zero-order valence-corrected chi connectivity index (χ0v) is 12.1. The lowest BCUT2D eigenvalue weighted by Gasteiger charge is -2.29. The Balaban J connectivity index is 2.43. The highest BCUT2D eigenvalue weighted by atomic mass is 16.4. The van der Waals surface area contributed by atoms with Crippen molar-refractivity contribution < 1.29 is 14.7 Å². The largest absolute Gasteiger partial charge is 0.481 e. The maximum absolute atomic E-state index is 11.9. The molecule has 1 aliphatic carbocycles. The number of hydrogen-bond acceptors (Lipinski definition) is 2. The van der Waals surface area contributed by atoms with E-state index in [0.717, 1.165) is 25.7 Å². The molecule has 2 amide bonds. The summed E-state index contributed by atoms with van der Waals surface area (Å²) in [5, 5.41) is 14.8. The highest BCUT2D eigenvalue weighted by Gasteiger charge is 2.31. The Bertz CT molecular complexity index is 318. The summed E-state index contributed by atoms with van der Waals surface area (Å²) in [7, 11) is 0. The molecule has 19 heavy (non-hydrogen) atoms. The molecule has 1 saturated carbocycles. The molecule has 0 aromatic rings. The van der Waals surface area contributed by atoms with E-state index in [1.165, 1.54) is 0 Å². The third-order valence-electron chi connectivity index (χ3n) is 3.60. The van der Waals surface area contributed by atoms with E-state index in [1.807, 2.05) is 6.92 Å². The van der Waals surface area contributed by atoms with Crippen LogP contribution in [0.1, 0.15) is 52.9 Å².